The molecular weight excluding hydrogens is 406 g/mol. The van der Waals surface area contributed by atoms with Crippen LogP contribution in [0.2, 0.25) is 0 Å². The molecule has 4 amide bonds. The Morgan fingerprint density at radius 3 is 2.53 bits per heavy atom. The van der Waals surface area contributed by atoms with E-state index in [1.54, 1.807) is 31.2 Å². The Bertz CT molecular complexity index is 765. The minimum atomic E-state index is -0.719. The van der Waals surface area contributed by atoms with Crippen LogP contribution in [-0.2, 0) is 14.3 Å². The quantitative estimate of drug-likeness (QED) is 0.480. The van der Waals surface area contributed by atoms with Crippen LogP contribution in [0.3, 0.4) is 0 Å². The van der Waals surface area contributed by atoms with Crippen LogP contribution in [-0.4, -0.2) is 60.7 Å². The van der Waals surface area contributed by atoms with Crippen molar-refractivity contribution >= 4 is 35.6 Å². The van der Waals surface area contributed by atoms with Crippen molar-refractivity contribution in [2.75, 3.05) is 26.0 Å². The van der Waals surface area contributed by atoms with Crippen molar-refractivity contribution < 1.29 is 23.9 Å². The van der Waals surface area contributed by atoms with E-state index in [0.717, 1.165) is 25.7 Å². The van der Waals surface area contributed by atoms with Gasteiger partial charge in [0, 0.05) is 24.5 Å². The number of thioether (sulfide) groups is 1. The molecule has 0 atom stereocenters. The first-order valence-corrected chi connectivity index (χ1v) is 11.1. The van der Waals surface area contributed by atoms with Gasteiger partial charge in [-0.15, -0.1) is 11.8 Å². The predicted molar refractivity (Wildman–Crippen MR) is 114 cm³/mol. The number of benzene rings is 1. The van der Waals surface area contributed by atoms with Crippen LogP contribution in [0.4, 0.5) is 4.79 Å². The highest BCUT2D eigenvalue weighted by Gasteiger charge is 2.23. The Labute approximate surface area is 181 Å². The number of ether oxygens (including phenoxy) is 1. The first-order chi connectivity index (χ1) is 14.4. The van der Waals surface area contributed by atoms with Crippen molar-refractivity contribution in [2.45, 2.75) is 50.0 Å². The smallest absolute Gasteiger partial charge is 0.339 e. The molecule has 0 unspecified atom stereocenters. The maximum absolute atomic E-state index is 12.6. The Morgan fingerprint density at radius 1 is 1.13 bits per heavy atom. The van der Waals surface area contributed by atoms with E-state index in [1.807, 2.05) is 11.9 Å². The zero-order chi connectivity index (χ0) is 21.9. The summed E-state index contributed by atoms with van der Waals surface area (Å²) >= 11 is 1.27. The predicted octanol–water partition coefficient (Wildman–Crippen LogP) is 2.57. The molecule has 0 radical (unpaired) electrons. The van der Waals surface area contributed by atoms with Crippen LogP contribution in [0.15, 0.2) is 29.2 Å². The molecule has 0 aromatic heterocycles. The summed E-state index contributed by atoms with van der Waals surface area (Å²) in [5.41, 5.74) is 0.279. The molecule has 30 heavy (non-hydrogen) atoms. The Balaban J connectivity index is 1.88. The monoisotopic (exact) mass is 435 g/mol. The maximum atomic E-state index is 12.6. The number of hydrogen-bond acceptors (Lipinski definition) is 6. The van der Waals surface area contributed by atoms with E-state index in [2.05, 4.69) is 10.6 Å². The molecule has 2 N–H and O–H groups in total. The number of nitrogens with one attached hydrogen (secondary N) is 2. The maximum Gasteiger partial charge on any atom is 0.339 e. The van der Waals surface area contributed by atoms with Crippen LogP contribution >= 0.6 is 11.8 Å². The van der Waals surface area contributed by atoms with Gasteiger partial charge in [0.25, 0.3) is 5.91 Å². The van der Waals surface area contributed by atoms with Crippen molar-refractivity contribution in [3.8, 4) is 0 Å². The zero-order valence-electron chi connectivity index (χ0n) is 17.4. The summed E-state index contributed by atoms with van der Waals surface area (Å²) in [5.74, 6) is -1.16. The molecule has 8 nitrogen and oxygen atoms in total. The number of amides is 4. The molecule has 9 heteroatoms. The number of urea groups is 1. The molecule has 1 saturated carbocycles. The van der Waals surface area contributed by atoms with Gasteiger partial charge in [-0.2, -0.15) is 0 Å². The van der Waals surface area contributed by atoms with Crippen molar-refractivity contribution in [3.63, 3.8) is 0 Å². The van der Waals surface area contributed by atoms with E-state index in [9.17, 15) is 19.2 Å². The van der Waals surface area contributed by atoms with Gasteiger partial charge >= 0.3 is 12.0 Å². The standard InChI is InChI=1S/C21H29N3O5S/c1-3-22-21(28)23-18(25)13-29-20(27)16-11-7-8-12-17(16)30-14-19(26)24(2)15-9-5-4-6-10-15/h7-8,11-12,15H,3-6,9-10,13-14H2,1-2H3,(H2,22,23,25,28). The number of hydrogen-bond donors (Lipinski definition) is 2. The highest BCUT2D eigenvalue weighted by molar-refractivity contribution is 8.00. The molecule has 2 rings (SSSR count). The summed E-state index contributed by atoms with van der Waals surface area (Å²) in [6.45, 7) is 1.52. The first kappa shape index (κ1) is 23.7. The largest absolute Gasteiger partial charge is 0.452 e. The van der Waals surface area contributed by atoms with E-state index in [4.69, 9.17) is 4.74 Å². The number of imide groups is 1. The van der Waals surface area contributed by atoms with Gasteiger partial charge in [-0.1, -0.05) is 31.4 Å². The average molecular weight is 436 g/mol. The van der Waals surface area contributed by atoms with Crippen molar-refractivity contribution in [1.82, 2.24) is 15.5 Å². The van der Waals surface area contributed by atoms with Gasteiger partial charge in [0.1, 0.15) is 0 Å². The summed E-state index contributed by atoms with van der Waals surface area (Å²) in [6, 6.07) is 6.43. The second-order valence-electron chi connectivity index (χ2n) is 7.07. The first-order valence-electron chi connectivity index (χ1n) is 10.1. The normalized spacial score (nSPS) is 13.9. The highest BCUT2D eigenvalue weighted by atomic mass is 32.2. The SMILES string of the molecule is CCNC(=O)NC(=O)COC(=O)c1ccccc1SCC(=O)N(C)C1CCCCC1. The number of rotatable bonds is 8. The fourth-order valence-corrected chi connectivity index (χ4v) is 4.22. The van der Waals surface area contributed by atoms with E-state index in [0.29, 0.717) is 11.4 Å². The third-order valence-electron chi connectivity index (χ3n) is 4.90. The van der Waals surface area contributed by atoms with Crippen molar-refractivity contribution in [2.24, 2.45) is 0 Å². The molecule has 1 aromatic rings. The molecular formula is C21H29N3O5S. The number of carbonyl (C=O) groups excluding carboxylic acids is 4. The molecule has 0 aliphatic heterocycles. The van der Waals surface area contributed by atoms with E-state index in [1.165, 1.54) is 18.2 Å². The molecule has 0 spiro atoms. The van der Waals surface area contributed by atoms with Gasteiger partial charge in [-0.05, 0) is 31.9 Å². The Morgan fingerprint density at radius 2 is 1.83 bits per heavy atom. The van der Waals surface area contributed by atoms with Gasteiger partial charge in [-0.25, -0.2) is 9.59 Å². The van der Waals surface area contributed by atoms with Crippen LogP contribution in [0, 0.1) is 0 Å². The van der Waals surface area contributed by atoms with Gasteiger partial charge in [0.15, 0.2) is 6.61 Å². The lowest BCUT2D eigenvalue weighted by molar-refractivity contribution is -0.129. The molecule has 0 saturated heterocycles. The third-order valence-corrected chi connectivity index (χ3v) is 5.96. The molecule has 1 fully saturated rings. The second-order valence-corrected chi connectivity index (χ2v) is 8.08. The Kier molecular flexibility index (Phi) is 9.66. The summed E-state index contributed by atoms with van der Waals surface area (Å²) < 4.78 is 5.02. The van der Waals surface area contributed by atoms with Crippen LogP contribution in [0.1, 0.15) is 49.4 Å². The van der Waals surface area contributed by atoms with Crippen molar-refractivity contribution in [1.29, 1.82) is 0 Å². The lowest BCUT2D eigenvalue weighted by atomic mass is 9.94. The fourth-order valence-electron chi connectivity index (χ4n) is 3.25. The fraction of sp³-hybridized carbons (Fsp3) is 0.524. The van der Waals surface area contributed by atoms with E-state index >= 15 is 0 Å². The second kappa shape index (κ2) is 12.2. The van der Waals surface area contributed by atoms with E-state index < -0.39 is 24.5 Å². The van der Waals surface area contributed by atoms with Gasteiger partial charge in [0.2, 0.25) is 5.91 Å². The summed E-state index contributed by atoms with van der Waals surface area (Å²) in [6.07, 6.45) is 5.60. The average Bonchev–Trinajstić information content (AvgIpc) is 2.76. The molecule has 0 heterocycles. The number of esters is 1. The van der Waals surface area contributed by atoms with Gasteiger partial charge in [-0.3, -0.25) is 14.9 Å². The molecule has 164 valence electrons. The zero-order valence-corrected chi connectivity index (χ0v) is 18.3. The van der Waals surface area contributed by atoms with Crippen LogP contribution in [0.5, 0.6) is 0 Å². The minimum absolute atomic E-state index is 0.0244. The molecule has 0 bridgehead atoms. The van der Waals surface area contributed by atoms with Crippen LogP contribution < -0.4 is 10.6 Å². The summed E-state index contributed by atoms with van der Waals surface area (Å²) in [5, 5.41) is 4.48. The minimum Gasteiger partial charge on any atom is -0.452 e. The third kappa shape index (κ3) is 7.37. The molecule has 1 aliphatic carbocycles. The lowest BCUT2D eigenvalue weighted by Gasteiger charge is -2.31. The Hall–Kier alpha value is -2.55. The molecule has 1 aliphatic rings. The molecule has 1 aromatic carbocycles. The van der Waals surface area contributed by atoms with Gasteiger partial charge < -0.3 is 15.0 Å². The highest BCUT2D eigenvalue weighted by Crippen LogP contribution is 2.26. The topological polar surface area (TPSA) is 105 Å². The summed E-state index contributed by atoms with van der Waals surface area (Å²) in [4.78, 5) is 50.4. The van der Waals surface area contributed by atoms with Crippen molar-refractivity contribution in [3.05, 3.63) is 29.8 Å². The number of carbonyl (C=O) groups is 4. The summed E-state index contributed by atoms with van der Waals surface area (Å²) in [7, 11) is 1.84. The number of nitrogens with zero attached hydrogens (tertiary/aromatic N) is 1. The lowest BCUT2D eigenvalue weighted by Crippen LogP contribution is -2.41. The van der Waals surface area contributed by atoms with Crippen LogP contribution in [0.25, 0.3) is 0 Å². The van der Waals surface area contributed by atoms with Gasteiger partial charge in [0.05, 0.1) is 11.3 Å². The van der Waals surface area contributed by atoms with E-state index in [-0.39, 0.29) is 23.3 Å².